The number of aromatic nitrogens is 3. The van der Waals surface area contributed by atoms with Crippen LogP contribution in [0.1, 0.15) is 11.7 Å². The highest BCUT2D eigenvalue weighted by Gasteiger charge is 2.23. The molecule has 0 bridgehead atoms. The number of fused-ring (bicyclic) bond motifs is 1. The van der Waals surface area contributed by atoms with E-state index in [9.17, 15) is 19.5 Å². The third-order valence-electron chi connectivity index (χ3n) is 5.08. The Morgan fingerprint density at radius 1 is 0.933 bits per heavy atom. The normalized spacial score (nSPS) is 12.1. The second kappa shape index (κ2) is 7.49. The van der Waals surface area contributed by atoms with E-state index in [1.54, 1.807) is 49.5 Å². The Morgan fingerprint density at radius 3 is 2.17 bits per heavy atom. The zero-order valence-corrected chi connectivity index (χ0v) is 16.4. The lowest BCUT2D eigenvalue weighted by Gasteiger charge is -2.15. The summed E-state index contributed by atoms with van der Waals surface area (Å²) in [6, 6.07) is 17.6. The molecule has 0 aliphatic carbocycles. The number of aliphatic hydroxyl groups excluding tert-OH is 1. The molecule has 2 aromatic carbocycles. The van der Waals surface area contributed by atoms with E-state index >= 15 is 0 Å². The van der Waals surface area contributed by atoms with Gasteiger partial charge in [-0.25, -0.2) is 4.79 Å². The summed E-state index contributed by atoms with van der Waals surface area (Å²) in [4.78, 5) is 38.0. The maximum absolute atomic E-state index is 12.9. The van der Waals surface area contributed by atoms with Crippen LogP contribution in [0.4, 0.5) is 0 Å². The lowest BCUT2D eigenvalue weighted by molar-refractivity contribution is -0.125. The van der Waals surface area contributed by atoms with Crippen molar-refractivity contribution in [1.29, 1.82) is 0 Å². The molecule has 0 aliphatic heterocycles. The summed E-state index contributed by atoms with van der Waals surface area (Å²) in [5, 5.41) is 10.7. The van der Waals surface area contributed by atoms with Crippen LogP contribution in [0.3, 0.4) is 0 Å². The summed E-state index contributed by atoms with van der Waals surface area (Å²) in [7, 11) is 2.97. The fourth-order valence-corrected chi connectivity index (χ4v) is 3.48. The molecule has 4 rings (SSSR count). The molecule has 4 aromatic rings. The van der Waals surface area contributed by atoms with E-state index in [4.69, 9.17) is 0 Å². The summed E-state index contributed by atoms with van der Waals surface area (Å²) in [5.41, 5.74) is 3.63. The number of aryl methyl sites for hydroxylation is 1. The van der Waals surface area contributed by atoms with Gasteiger partial charge >= 0.3 is 5.69 Å². The molecule has 2 N–H and O–H groups in total. The highest BCUT2D eigenvalue weighted by molar-refractivity contribution is 5.96. The van der Waals surface area contributed by atoms with E-state index in [1.165, 1.54) is 22.5 Å². The molecule has 0 unspecified atom stereocenters. The monoisotopic (exact) mass is 404 g/mol. The standard InChI is InChI=1S/C22H20N4O4/c1-24-16-13-26(23-20(28)19(27)15-11-7-4-8-12-15)18(14-9-5-3-6-10-14)17(16)21(29)25(2)22(24)30/h3-13,19,27H,1-2H3,(H,23,28)/t19-/m0/s1. The largest absolute Gasteiger partial charge is 0.378 e. The molecule has 0 radical (unpaired) electrons. The molecule has 0 spiro atoms. The van der Waals surface area contributed by atoms with Crippen molar-refractivity contribution in [3.63, 3.8) is 0 Å². The number of hydrogen-bond acceptors (Lipinski definition) is 4. The number of aliphatic hydroxyl groups is 1. The van der Waals surface area contributed by atoms with Crippen LogP contribution in [-0.4, -0.2) is 24.8 Å². The average molecular weight is 404 g/mol. The van der Waals surface area contributed by atoms with E-state index in [-0.39, 0.29) is 0 Å². The number of nitrogens with one attached hydrogen (secondary N) is 1. The molecule has 30 heavy (non-hydrogen) atoms. The van der Waals surface area contributed by atoms with E-state index in [1.807, 2.05) is 18.2 Å². The third kappa shape index (κ3) is 3.13. The second-order valence-electron chi connectivity index (χ2n) is 6.97. The number of benzene rings is 2. The fourth-order valence-electron chi connectivity index (χ4n) is 3.48. The molecule has 8 heteroatoms. The highest BCUT2D eigenvalue weighted by atomic mass is 16.3. The van der Waals surface area contributed by atoms with Crippen LogP contribution >= 0.6 is 0 Å². The van der Waals surface area contributed by atoms with Gasteiger partial charge in [-0.2, -0.15) is 0 Å². The van der Waals surface area contributed by atoms with Gasteiger partial charge in [0.25, 0.3) is 11.5 Å². The van der Waals surface area contributed by atoms with Crippen molar-refractivity contribution in [3.8, 4) is 11.3 Å². The maximum atomic E-state index is 12.9. The molecule has 2 aromatic heterocycles. The molecular formula is C22H20N4O4. The third-order valence-corrected chi connectivity index (χ3v) is 5.08. The lowest BCUT2D eigenvalue weighted by Crippen LogP contribution is -2.36. The van der Waals surface area contributed by atoms with Gasteiger partial charge in [0.2, 0.25) is 0 Å². The summed E-state index contributed by atoms with van der Waals surface area (Å²) >= 11 is 0. The minimum absolute atomic E-state index is 0.292. The zero-order chi connectivity index (χ0) is 21.4. The smallest absolute Gasteiger partial charge is 0.330 e. The predicted molar refractivity (Wildman–Crippen MR) is 114 cm³/mol. The molecule has 1 amide bonds. The van der Waals surface area contributed by atoms with Crippen LogP contribution in [0, 0.1) is 0 Å². The molecule has 0 saturated carbocycles. The van der Waals surface area contributed by atoms with Crippen molar-refractivity contribution in [3.05, 3.63) is 93.3 Å². The van der Waals surface area contributed by atoms with Gasteiger partial charge in [0.1, 0.15) is 0 Å². The fraction of sp³-hybridized carbons (Fsp3) is 0.136. The SMILES string of the molecule is Cn1c(=O)c2c(-c3ccccc3)n(NC(=O)[C@@H](O)c3ccccc3)cc2n(C)c1=O. The van der Waals surface area contributed by atoms with Crippen LogP contribution in [0.2, 0.25) is 0 Å². The quantitative estimate of drug-likeness (QED) is 0.539. The summed E-state index contributed by atoms with van der Waals surface area (Å²) in [6.07, 6.45) is 0.114. The van der Waals surface area contributed by atoms with Crippen LogP contribution in [-0.2, 0) is 18.9 Å². The Labute approximate surface area is 171 Å². The Bertz CT molecular complexity index is 1350. The van der Waals surface area contributed by atoms with E-state index in [0.717, 1.165) is 4.57 Å². The number of hydrogen-bond donors (Lipinski definition) is 2. The van der Waals surface area contributed by atoms with Gasteiger partial charge < -0.3 is 5.11 Å². The summed E-state index contributed by atoms with van der Waals surface area (Å²) in [6.45, 7) is 0. The van der Waals surface area contributed by atoms with Crippen molar-refractivity contribution in [2.24, 2.45) is 14.1 Å². The van der Waals surface area contributed by atoms with Gasteiger partial charge in [0.05, 0.1) is 22.8 Å². The van der Waals surface area contributed by atoms with Crippen LogP contribution in [0.25, 0.3) is 22.2 Å². The zero-order valence-electron chi connectivity index (χ0n) is 16.4. The van der Waals surface area contributed by atoms with Gasteiger partial charge in [-0.05, 0) is 5.56 Å². The molecule has 152 valence electrons. The van der Waals surface area contributed by atoms with E-state index in [0.29, 0.717) is 27.7 Å². The van der Waals surface area contributed by atoms with Gasteiger partial charge in [-0.3, -0.25) is 28.8 Å². The van der Waals surface area contributed by atoms with Gasteiger partial charge in [-0.1, -0.05) is 60.7 Å². The first-order valence-corrected chi connectivity index (χ1v) is 9.30. The minimum atomic E-state index is -1.40. The summed E-state index contributed by atoms with van der Waals surface area (Å²) < 4.78 is 3.76. The Morgan fingerprint density at radius 2 is 1.53 bits per heavy atom. The highest BCUT2D eigenvalue weighted by Crippen LogP contribution is 2.27. The molecule has 0 aliphatic rings. The van der Waals surface area contributed by atoms with E-state index < -0.39 is 23.3 Å². The lowest BCUT2D eigenvalue weighted by atomic mass is 10.1. The Balaban J connectivity index is 1.91. The second-order valence-corrected chi connectivity index (χ2v) is 6.97. The number of carbonyl (C=O) groups excluding carboxylic acids is 1. The first-order chi connectivity index (χ1) is 14.4. The predicted octanol–water partition coefficient (Wildman–Crippen LogP) is 1.51. The Hall–Kier alpha value is -3.91. The molecule has 8 nitrogen and oxygen atoms in total. The van der Waals surface area contributed by atoms with Crippen molar-refractivity contribution in [2.45, 2.75) is 6.10 Å². The first kappa shape index (κ1) is 19.4. The molecule has 0 fully saturated rings. The topological polar surface area (TPSA) is 98.3 Å². The average Bonchev–Trinajstić information content (AvgIpc) is 3.16. The van der Waals surface area contributed by atoms with Crippen LogP contribution < -0.4 is 16.7 Å². The number of rotatable bonds is 4. The van der Waals surface area contributed by atoms with Crippen LogP contribution in [0.5, 0.6) is 0 Å². The van der Waals surface area contributed by atoms with E-state index in [2.05, 4.69) is 5.43 Å². The number of nitrogens with zero attached hydrogens (tertiary/aromatic N) is 3. The van der Waals surface area contributed by atoms with Gasteiger partial charge in [-0.15, -0.1) is 0 Å². The van der Waals surface area contributed by atoms with Gasteiger partial charge in [0.15, 0.2) is 6.10 Å². The first-order valence-electron chi connectivity index (χ1n) is 9.30. The molecule has 1 atom stereocenters. The minimum Gasteiger partial charge on any atom is -0.378 e. The number of amides is 1. The summed E-state index contributed by atoms with van der Waals surface area (Å²) in [5.74, 6) is -0.666. The van der Waals surface area contributed by atoms with Crippen molar-refractivity contribution < 1.29 is 9.90 Å². The van der Waals surface area contributed by atoms with Crippen molar-refractivity contribution >= 4 is 16.8 Å². The van der Waals surface area contributed by atoms with Crippen LogP contribution in [0.15, 0.2) is 76.4 Å². The molecule has 2 heterocycles. The maximum Gasteiger partial charge on any atom is 0.330 e. The Kier molecular flexibility index (Phi) is 4.85. The van der Waals surface area contributed by atoms with Gasteiger partial charge in [0, 0.05) is 19.7 Å². The number of carbonyl (C=O) groups is 1. The van der Waals surface area contributed by atoms with Crippen molar-refractivity contribution in [1.82, 2.24) is 13.8 Å². The molecular weight excluding hydrogens is 384 g/mol. The van der Waals surface area contributed by atoms with Crippen molar-refractivity contribution in [2.75, 3.05) is 5.43 Å². The molecule has 0 saturated heterocycles.